The number of hydrogen-bond acceptors (Lipinski definition) is 14. The number of methoxy groups -OCH3 is 1. The van der Waals surface area contributed by atoms with Gasteiger partial charge in [-0.15, -0.1) is 0 Å². The van der Waals surface area contributed by atoms with Crippen molar-refractivity contribution in [3.63, 3.8) is 0 Å². The summed E-state index contributed by atoms with van der Waals surface area (Å²) in [7, 11) is -4.48. The summed E-state index contributed by atoms with van der Waals surface area (Å²) in [6.07, 6.45) is 7.95. The quantitative estimate of drug-likeness (QED) is 0.0360. The number of carbonyl (C=O) groups is 3. The molecule has 0 saturated carbocycles. The number of amides is 2. The second-order valence-corrected chi connectivity index (χ2v) is 20.4. The number of hydrogen-bond donors (Lipinski definition) is 5. The monoisotopic (exact) mass is 1060 g/mol. The molecule has 2 amide bonds. The Balaban J connectivity index is 0.000000303. The molecule has 1 aliphatic heterocycles. The fraction of sp³-hybridized carbons (Fsp3) is 0.365. The Bertz CT molecular complexity index is 2960. The molecule has 1 aliphatic rings. The molecule has 5 N–H and O–H groups in total. The molecule has 6 rings (SSSR count). The zero-order valence-electron chi connectivity index (χ0n) is 42.0. The van der Waals surface area contributed by atoms with Crippen molar-refractivity contribution < 1.29 is 54.9 Å². The van der Waals surface area contributed by atoms with Gasteiger partial charge in [-0.1, -0.05) is 84.4 Å². The lowest BCUT2D eigenvalue weighted by molar-refractivity contribution is -0.142. The van der Waals surface area contributed by atoms with Crippen molar-refractivity contribution in [2.24, 2.45) is 12.0 Å². The Labute approximate surface area is 432 Å². The first-order chi connectivity index (χ1) is 35.5. The highest BCUT2D eigenvalue weighted by atomic mass is 32.2. The van der Waals surface area contributed by atoms with Crippen molar-refractivity contribution in [2.75, 3.05) is 72.6 Å². The molecular formula is C52H65N7O13S2. The summed E-state index contributed by atoms with van der Waals surface area (Å²) in [5, 5.41) is 8.58. The van der Waals surface area contributed by atoms with E-state index in [4.69, 9.17) is 23.7 Å². The summed E-state index contributed by atoms with van der Waals surface area (Å²) >= 11 is 0. The molecule has 0 bridgehead atoms. The third kappa shape index (κ3) is 19.9. The van der Waals surface area contributed by atoms with E-state index in [1.807, 2.05) is 79.9 Å². The smallest absolute Gasteiger partial charge is 0.407 e. The predicted molar refractivity (Wildman–Crippen MR) is 281 cm³/mol. The van der Waals surface area contributed by atoms with Gasteiger partial charge in [0.25, 0.3) is 5.91 Å². The van der Waals surface area contributed by atoms with E-state index >= 15 is 0 Å². The van der Waals surface area contributed by atoms with E-state index in [-0.39, 0.29) is 17.1 Å². The number of rotatable bonds is 27. The Morgan fingerprint density at radius 1 is 0.784 bits per heavy atom. The summed E-state index contributed by atoms with van der Waals surface area (Å²) < 4.78 is 80.4. The van der Waals surface area contributed by atoms with E-state index in [2.05, 4.69) is 30.4 Å². The van der Waals surface area contributed by atoms with Crippen molar-refractivity contribution in [3.8, 4) is 11.1 Å². The van der Waals surface area contributed by atoms with Crippen LogP contribution in [0.3, 0.4) is 0 Å². The van der Waals surface area contributed by atoms with E-state index < -0.39 is 56.0 Å². The van der Waals surface area contributed by atoms with Gasteiger partial charge in [0.1, 0.15) is 24.0 Å². The molecule has 0 radical (unpaired) electrons. The van der Waals surface area contributed by atoms with Gasteiger partial charge >= 0.3 is 12.1 Å². The van der Waals surface area contributed by atoms with Crippen LogP contribution in [0.2, 0.25) is 0 Å². The van der Waals surface area contributed by atoms with Crippen LogP contribution < -0.4 is 30.8 Å². The Kier molecular flexibility index (Phi) is 23.4. The van der Waals surface area contributed by atoms with Crippen LogP contribution in [-0.2, 0) is 68.7 Å². The topological polar surface area (TPSA) is 260 Å². The molecule has 0 spiro atoms. The van der Waals surface area contributed by atoms with Crippen molar-refractivity contribution in [1.29, 1.82) is 0 Å². The number of ether oxygens (including phenoxy) is 5. The molecule has 20 nitrogen and oxygen atoms in total. The maximum Gasteiger partial charge on any atom is 0.407 e. The number of aliphatic imine (C=N–C) groups is 1. The molecule has 398 valence electrons. The van der Waals surface area contributed by atoms with Crippen LogP contribution in [-0.4, -0.2) is 124 Å². The number of aryl methyl sites for hydroxylation is 2. The highest BCUT2D eigenvalue weighted by Crippen LogP contribution is 2.22. The number of benzene rings is 4. The summed E-state index contributed by atoms with van der Waals surface area (Å²) in [6.45, 7) is 5.90. The number of aromatic nitrogens is 1. The first kappa shape index (κ1) is 58.1. The van der Waals surface area contributed by atoms with Gasteiger partial charge in [0.05, 0.1) is 56.8 Å². The van der Waals surface area contributed by atoms with Crippen molar-refractivity contribution >= 4 is 54.8 Å². The van der Waals surface area contributed by atoms with Crippen molar-refractivity contribution in [2.45, 2.75) is 50.3 Å². The molecule has 0 aliphatic carbocycles. The van der Waals surface area contributed by atoms with Gasteiger partial charge < -0.3 is 44.2 Å². The van der Waals surface area contributed by atoms with Gasteiger partial charge in [-0.25, -0.2) is 26.4 Å². The molecular weight excluding hydrogens is 995 g/mol. The van der Waals surface area contributed by atoms with Crippen LogP contribution in [0.1, 0.15) is 46.3 Å². The number of nitrogens with one attached hydrogen (secondary N) is 5. The summed E-state index contributed by atoms with van der Waals surface area (Å²) in [6, 6.07) is 27.4. The molecule has 1 aromatic heterocycles. The largest absolute Gasteiger partial charge is 0.468 e. The normalized spacial score (nSPS) is 13.2. The Morgan fingerprint density at radius 2 is 1.42 bits per heavy atom. The van der Waals surface area contributed by atoms with Crippen LogP contribution >= 0.6 is 0 Å². The third-order valence-electron chi connectivity index (χ3n) is 11.0. The van der Waals surface area contributed by atoms with Crippen LogP contribution in [0.25, 0.3) is 22.0 Å². The van der Waals surface area contributed by atoms with E-state index in [1.54, 1.807) is 35.9 Å². The zero-order valence-corrected chi connectivity index (χ0v) is 43.6. The molecule has 5 aromatic rings. The van der Waals surface area contributed by atoms with Crippen LogP contribution in [0.4, 0.5) is 4.79 Å². The lowest BCUT2D eigenvalue weighted by Crippen LogP contribution is -2.49. The summed E-state index contributed by atoms with van der Waals surface area (Å²) in [5.74, 6) is -0.802. The molecule has 0 fully saturated rings. The van der Waals surface area contributed by atoms with E-state index in [9.17, 15) is 36.0 Å². The zero-order chi connectivity index (χ0) is 53.4. The predicted octanol–water partition coefficient (Wildman–Crippen LogP) is 4.46. The highest BCUT2D eigenvalue weighted by Gasteiger charge is 2.28. The van der Waals surface area contributed by atoms with Crippen molar-refractivity contribution in [1.82, 2.24) is 30.0 Å². The first-order valence-corrected chi connectivity index (χ1v) is 27.2. The number of alkyl carbamates (subject to hydrolysis) is 1. The lowest BCUT2D eigenvalue weighted by atomic mass is 10.0. The number of sulfonamides is 2. The number of nitrogens with zero attached hydrogens (tertiary/aromatic N) is 2. The molecule has 74 heavy (non-hydrogen) atoms. The maximum absolute atomic E-state index is 13.3. The van der Waals surface area contributed by atoms with Gasteiger partial charge in [-0.05, 0) is 72.5 Å². The number of amidine groups is 1. The van der Waals surface area contributed by atoms with E-state index in [1.165, 1.54) is 18.3 Å². The summed E-state index contributed by atoms with van der Waals surface area (Å²) in [4.78, 5) is 54.9. The second kappa shape index (κ2) is 29.8. The van der Waals surface area contributed by atoms with E-state index in [0.717, 1.165) is 53.4 Å². The highest BCUT2D eigenvalue weighted by molar-refractivity contribution is 7.89. The molecule has 1 atom stereocenters. The van der Waals surface area contributed by atoms with Gasteiger partial charge in [0, 0.05) is 57.9 Å². The Morgan fingerprint density at radius 3 is 2.04 bits per heavy atom. The maximum atomic E-state index is 13.3. The minimum Gasteiger partial charge on any atom is -0.468 e. The van der Waals surface area contributed by atoms with Gasteiger partial charge in [0.15, 0.2) is 0 Å². The van der Waals surface area contributed by atoms with Gasteiger partial charge in [-0.3, -0.25) is 19.4 Å². The third-order valence-corrected chi connectivity index (χ3v) is 13.2. The van der Waals surface area contributed by atoms with Crippen LogP contribution in [0, 0.1) is 6.92 Å². The molecule has 22 heteroatoms. The van der Waals surface area contributed by atoms with Crippen LogP contribution in [0.5, 0.6) is 0 Å². The fourth-order valence-electron chi connectivity index (χ4n) is 7.02. The minimum atomic E-state index is -4.18. The van der Waals surface area contributed by atoms with Gasteiger partial charge in [0.2, 0.25) is 25.5 Å². The molecule has 4 aromatic carbocycles. The lowest BCUT2D eigenvalue weighted by Gasteiger charge is -2.18. The summed E-state index contributed by atoms with van der Waals surface area (Å²) in [5.41, 5.74) is 4.68. The number of fused-ring (bicyclic) bond motifs is 1. The number of carbonyl (C=O) groups excluding carboxylic acids is 3. The van der Waals surface area contributed by atoms with Gasteiger partial charge in [-0.2, -0.15) is 4.72 Å². The molecule has 2 heterocycles. The van der Waals surface area contributed by atoms with Crippen molar-refractivity contribution in [3.05, 3.63) is 148 Å². The fourth-order valence-corrected chi connectivity index (χ4v) is 8.72. The average Bonchev–Trinajstić information content (AvgIpc) is 3.92. The first-order valence-electron chi connectivity index (χ1n) is 23.8. The minimum absolute atomic E-state index is 0.0658. The Hall–Kier alpha value is -6.79. The second-order valence-electron chi connectivity index (χ2n) is 16.8. The molecule has 0 saturated heterocycles. The van der Waals surface area contributed by atoms with Crippen LogP contribution in [0.15, 0.2) is 130 Å². The average molecular weight is 1060 g/mol. The SMILES string of the molecule is COC(=O)C(CNC(=O)c1cn(C)c2cc(CN=C3CC=CN3)ccc2c1=O)NS(=O)(=O)c1ccc(-c2ccc(C)cc2)cc1.CS(=O)(=O)NCCCOCCOCCOCCCNC(=O)OCc1ccccc1. The number of pyridine rings is 1. The van der Waals surface area contributed by atoms with E-state index in [0.29, 0.717) is 83.0 Å². The molecule has 1 unspecified atom stereocenters. The number of esters is 1. The standard InChI is InChI=1S/C33H33N5O6S.C19H32N2O7S/c1-21-6-9-23(10-7-21)24-11-13-25(14-12-24)45(42,43)37-28(33(41)44-3)19-36-32(40)27-20-38(2)29-17-22(8-15-26(29)31(27)39)18-35-30-5-4-16-34-30;1-29(23,24)21-10-6-12-26-14-16-27-15-13-25-11-5-9-20-19(22)28-17-18-7-3-2-4-8-18/h4,6-17,20,28,37H,5,18-19H2,1-3H3,(H,34,35)(H,36,40);2-4,7-8,21H,5-6,9-17H2,1H3,(H,20,22).